The molecule has 1 N–H and O–H groups in total. The van der Waals surface area contributed by atoms with Crippen LogP contribution in [0.25, 0.3) is 0 Å². The third-order valence-corrected chi connectivity index (χ3v) is 1.62. The van der Waals surface area contributed by atoms with Crippen LogP contribution in [-0.4, -0.2) is 25.1 Å². The smallest absolute Gasteiger partial charge is 0.334 e. The van der Waals surface area contributed by atoms with Crippen molar-refractivity contribution in [3.8, 4) is 0 Å². The van der Waals surface area contributed by atoms with Crippen LogP contribution in [0.1, 0.15) is 19.8 Å². The quantitative estimate of drug-likeness (QED) is 0.486. The van der Waals surface area contributed by atoms with Crippen LogP contribution < -0.4 is 5.48 Å². The number of hydrogen-bond donors (Lipinski definition) is 1. The summed E-state index contributed by atoms with van der Waals surface area (Å²) in [7, 11) is 0. The van der Waals surface area contributed by atoms with Gasteiger partial charge in [-0.1, -0.05) is 0 Å². The largest absolute Gasteiger partial charge is 0.464 e. The van der Waals surface area contributed by atoms with Gasteiger partial charge in [-0.15, -0.1) is 0 Å². The van der Waals surface area contributed by atoms with Crippen molar-refractivity contribution in [2.75, 3.05) is 13.2 Å². The maximum atomic E-state index is 11.0. The first-order valence-corrected chi connectivity index (χ1v) is 4.31. The highest BCUT2D eigenvalue weighted by Gasteiger charge is 2.29. The minimum atomic E-state index is -0.474. The number of esters is 1. The minimum absolute atomic E-state index is 0.0854. The molecule has 1 fully saturated rings. The lowest BCUT2D eigenvalue weighted by Crippen LogP contribution is -2.28. The molecule has 74 valence electrons. The molecule has 0 saturated heterocycles. The van der Waals surface area contributed by atoms with Crippen molar-refractivity contribution >= 4 is 11.9 Å². The van der Waals surface area contributed by atoms with Gasteiger partial charge in [0.1, 0.15) is 0 Å². The summed E-state index contributed by atoms with van der Waals surface area (Å²) in [6, 6.07) is 0. The van der Waals surface area contributed by atoms with Crippen LogP contribution in [-0.2, 0) is 19.2 Å². The maximum absolute atomic E-state index is 11.0. The number of nitrogens with one attached hydrogen (secondary N) is 1. The first-order chi connectivity index (χ1) is 6.24. The molecule has 1 aliphatic carbocycles. The monoisotopic (exact) mass is 187 g/mol. The Kier molecular flexibility index (Phi) is 3.70. The van der Waals surface area contributed by atoms with Crippen molar-refractivity contribution in [3.05, 3.63) is 0 Å². The predicted molar refractivity (Wildman–Crippen MR) is 43.5 cm³/mol. The molecule has 5 heteroatoms. The van der Waals surface area contributed by atoms with E-state index < -0.39 is 5.97 Å². The van der Waals surface area contributed by atoms with Crippen molar-refractivity contribution in [2.24, 2.45) is 5.92 Å². The van der Waals surface area contributed by atoms with Gasteiger partial charge < -0.3 is 4.74 Å². The Morgan fingerprint density at radius 2 is 2.15 bits per heavy atom. The predicted octanol–water partition coefficient (Wildman–Crippen LogP) is 0.00730. The molecule has 0 radical (unpaired) electrons. The average molecular weight is 187 g/mol. The van der Waals surface area contributed by atoms with E-state index in [2.05, 4.69) is 15.1 Å². The molecule has 0 aromatic rings. The summed E-state index contributed by atoms with van der Waals surface area (Å²) in [4.78, 5) is 26.3. The van der Waals surface area contributed by atoms with Crippen LogP contribution in [0.15, 0.2) is 0 Å². The number of ether oxygens (including phenoxy) is 1. The Labute approximate surface area is 76.3 Å². The number of rotatable bonds is 5. The number of hydrogen-bond acceptors (Lipinski definition) is 4. The zero-order valence-electron chi connectivity index (χ0n) is 7.54. The summed E-state index contributed by atoms with van der Waals surface area (Å²) in [6.07, 6.45) is 1.82. The normalized spacial score (nSPS) is 15.2. The van der Waals surface area contributed by atoms with Gasteiger partial charge in [-0.25, -0.2) is 10.3 Å². The Balaban J connectivity index is 1.99. The maximum Gasteiger partial charge on any atom is 0.334 e. The summed E-state index contributed by atoms with van der Waals surface area (Å²) < 4.78 is 4.58. The zero-order chi connectivity index (χ0) is 9.68. The highest BCUT2D eigenvalue weighted by molar-refractivity contribution is 5.80. The van der Waals surface area contributed by atoms with Crippen LogP contribution in [0.5, 0.6) is 0 Å². The number of carbonyl (C=O) groups is 2. The molecule has 1 aliphatic rings. The number of amides is 1. The molecule has 0 bridgehead atoms. The van der Waals surface area contributed by atoms with Gasteiger partial charge in [-0.3, -0.25) is 9.63 Å². The lowest BCUT2D eigenvalue weighted by atomic mass is 10.4. The molecular formula is C8H13NO4. The molecule has 0 aromatic heterocycles. The Hall–Kier alpha value is -1.10. The van der Waals surface area contributed by atoms with Crippen molar-refractivity contribution < 1.29 is 19.2 Å². The van der Waals surface area contributed by atoms with Crippen LogP contribution in [0, 0.1) is 5.92 Å². The van der Waals surface area contributed by atoms with E-state index in [0.717, 1.165) is 12.8 Å². The number of carbonyl (C=O) groups excluding carboxylic acids is 2. The first-order valence-electron chi connectivity index (χ1n) is 4.31. The molecule has 1 rings (SSSR count). The van der Waals surface area contributed by atoms with Crippen LogP contribution >= 0.6 is 0 Å². The van der Waals surface area contributed by atoms with Crippen molar-refractivity contribution in [1.82, 2.24) is 5.48 Å². The van der Waals surface area contributed by atoms with Crippen molar-refractivity contribution in [3.63, 3.8) is 0 Å². The fourth-order valence-corrected chi connectivity index (χ4v) is 0.798. The molecule has 13 heavy (non-hydrogen) atoms. The fourth-order valence-electron chi connectivity index (χ4n) is 0.798. The molecule has 1 amide bonds. The summed E-state index contributed by atoms with van der Waals surface area (Å²) in [5.74, 6) is -0.537. The van der Waals surface area contributed by atoms with E-state index in [9.17, 15) is 9.59 Å². The Bertz CT molecular complexity index is 200. The van der Waals surface area contributed by atoms with Gasteiger partial charge in [0.05, 0.1) is 6.61 Å². The van der Waals surface area contributed by atoms with Gasteiger partial charge in [0, 0.05) is 5.92 Å². The second kappa shape index (κ2) is 4.81. The van der Waals surface area contributed by atoms with Gasteiger partial charge in [0.15, 0.2) is 6.61 Å². The third-order valence-electron chi connectivity index (χ3n) is 1.62. The molecule has 0 aliphatic heterocycles. The summed E-state index contributed by atoms with van der Waals surface area (Å²) in [6.45, 7) is 1.80. The van der Waals surface area contributed by atoms with Gasteiger partial charge in [-0.2, -0.15) is 0 Å². The summed E-state index contributed by atoms with van der Waals surface area (Å²) in [5, 5.41) is 0. The Morgan fingerprint density at radius 3 is 2.69 bits per heavy atom. The SMILES string of the molecule is CCOC(=O)CONC(=O)C1CC1. The Morgan fingerprint density at radius 1 is 1.46 bits per heavy atom. The standard InChI is InChI=1S/C8H13NO4/c1-2-12-7(10)5-13-9-8(11)6-3-4-6/h6H,2-5H2,1H3,(H,9,11). The lowest BCUT2D eigenvalue weighted by molar-refractivity contribution is -0.154. The van der Waals surface area contributed by atoms with E-state index >= 15 is 0 Å². The van der Waals surface area contributed by atoms with Gasteiger partial charge in [0.25, 0.3) is 0 Å². The van der Waals surface area contributed by atoms with E-state index in [1.165, 1.54) is 0 Å². The highest BCUT2D eigenvalue weighted by atomic mass is 16.7. The molecular weight excluding hydrogens is 174 g/mol. The molecule has 5 nitrogen and oxygen atoms in total. The minimum Gasteiger partial charge on any atom is -0.464 e. The van der Waals surface area contributed by atoms with Crippen LogP contribution in [0.4, 0.5) is 0 Å². The lowest BCUT2D eigenvalue weighted by Gasteiger charge is -2.03. The molecule has 0 unspecified atom stereocenters. The average Bonchev–Trinajstić information content (AvgIpc) is 2.86. The molecule has 0 aromatic carbocycles. The molecule has 0 spiro atoms. The molecule has 0 atom stereocenters. The second-order valence-electron chi connectivity index (χ2n) is 2.83. The summed E-state index contributed by atoms with van der Waals surface area (Å²) in [5.41, 5.74) is 2.19. The van der Waals surface area contributed by atoms with Crippen molar-refractivity contribution in [2.45, 2.75) is 19.8 Å². The third kappa shape index (κ3) is 3.89. The van der Waals surface area contributed by atoms with E-state index in [-0.39, 0.29) is 18.4 Å². The first kappa shape index (κ1) is 9.98. The van der Waals surface area contributed by atoms with E-state index in [1.54, 1.807) is 6.92 Å². The van der Waals surface area contributed by atoms with Gasteiger partial charge >= 0.3 is 5.97 Å². The van der Waals surface area contributed by atoms with Crippen molar-refractivity contribution in [1.29, 1.82) is 0 Å². The topological polar surface area (TPSA) is 64.6 Å². The van der Waals surface area contributed by atoms with Crippen LogP contribution in [0.2, 0.25) is 0 Å². The zero-order valence-corrected chi connectivity index (χ0v) is 7.54. The van der Waals surface area contributed by atoms with Gasteiger partial charge in [-0.05, 0) is 19.8 Å². The van der Waals surface area contributed by atoms with E-state index in [4.69, 9.17) is 0 Å². The van der Waals surface area contributed by atoms with E-state index in [0.29, 0.717) is 6.61 Å². The van der Waals surface area contributed by atoms with Gasteiger partial charge in [0.2, 0.25) is 5.91 Å². The molecule has 1 saturated carbocycles. The van der Waals surface area contributed by atoms with Crippen LogP contribution in [0.3, 0.4) is 0 Å². The van der Waals surface area contributed by atoms with E-state index in [1.807, 2.05) is 0 Å². The second-order valence-corrected chi connectivity index (χ2v) is 2.83. The fraction of sp³-hybridized carbons (Fsp3) is 0.750. The molecule has 0 heterocycles. The highest BCUT2D eigenvalue weighted by Crippen LogP contribution is 2.28. The number of hydroxylamine groups is 1. The summed E-state index contributed by atoms with van der Waals surface area (Å²) >= 11 is 0.